The van der Waals surface area contributed by atoms with Gasteiger partial charge in [0.15, 0.2) is 11.5 Å². The molecule has 2 heterocycles. The Balaban J connectivity index is 1.80. The van der Waals surface area contributed by atoms with E-state index >= 15 is 0 Å². The van der Waals surface area contributed by atoms with Gasteiger partial charge in [0, 0.05) is 16.2 Å². The van der Waals surface area contributed by atoms with E-state index < -0.39 is 0 Å². The molecule has 0 amide bonds. The van der Waals surface area contributed by atoms with Crippen molar-refractivity contribution in [2.24, 2.45) is 0 Å². The Morgan fingerprint density at radius 1 is 1.04 bits per heavy atom. The monoisotopic (exact) mass is 379 g/mol. The van der Waals surface area contributed by atoms with Gasteiger partial charge < -0.3 is 14.8 Å². The highest BCUT2D eigenvalue weighted by Gasteiger charge is 2.16. The predicted octanol–water partition coefficient (Wildman–Crippen LogP) is 5.34. The molecule has 0 saturated heterocycles. The van der Waals surface area contributed by atoms with E-state index in [0.717, 1.165) is 16.7 Å². The number of thiophene rings is 1. The molecule has 4 aromatic rings. The number of ether oxygens (including phenoxy) is 2. The van der Waals surface area contributed by atoms with Crippen molar-refractivity contribution in [1.29, 1.82) is 0 Å². The maximum absolute atomic E-state index is 5.46. The van der Waals surface area contributed by atoms with Gasteiger partial charge in [-0.15, -0.1) is 11.3 Å². The molecule has 0 radical (unpaired) electrons. The van der Waals surface area contributed by atoms with Gasteiger partial charge in [-0.1, -0.05) is 18.2 Å². The van der Waals surface area contributed by atoms with Crippen molar-refractivity contribution in [3.8, 4) is 11.5 Å². The molecular weight excluding hydrogens is 358 g/mol. The number of aromatic nitrogens is 2. The highest BCUT2D eigenvalue weighted by molar-refractivity contribution is 7.17. The molecule has 0 saturated carbocycles. The van der Waals surface area contributed by atoms with Crippen LogP contribution in [0.15, 0.2) is 41.8 Å². The highest BCUT2D eigenvalue weighted by Crippen LogP contribution is 2.36. The summed E-state index contributed by atoms with van der Waals surface area (Å²) in [5, 5.41) is 7.87. The summed E-state index contributed by atoms with van der Waals surface area (Å²) in [6.45, 7) is 4.05. The molecule has 6 heteroatoms. The van der Waals surface area contributed by atoms with E-state index in [9.17, 15) is 0 Å². The predicted molar refractivity (Wildman–Crippen MR) is 111 cm³/mol. The van der Waals surface area contributed by atoms with Gasteiger partial charge in [0.25, 0.3) is 0 Å². The van der Waals surface area contributed by atoms with Crippen molar-refractivity contribution >= 4 is 38.1 Å². The number of rotatable bonds is 5. The maximum Gasteiger partial charge on any atom is 0.162 e. The van der Waals surface area contributed by atoms with Gasteiger partial charge in [0.1, 0.15) is 11.6 Å². The SMILES string of the molecule is COc1cc2nc(C)nc(NC(C)c3cccc4ccsc34)c2cc1OC. The Labute approximate surface area is 162 Å². The summed E-state index contributed by atoms with van der Waals surface area (Å²) in [7, 11) is 3.26. The van der Waals surface area contributed by atoms with Crippen LogP contribution in [-0.4, -0.2) is 24.2 Å². The number of methoxy groups -OCH3 is 2. The summed E-state index contributed by atoms with van der Waals surface area (Å²) in [4.78, 5) is 9.21. The van der Waals surface area contributed by atoms with Gasteiger partial charge in [-0.25, -0.2) is 9.97 Å². The van der Waals surface area contributed by atoms with E-state index in [1.54, 1.807) is 25.6 Å². The van der Waals surface area contributed by atoms with Crippen LogP contribution < -0.4 is 14.8 Å². The van der Waals surface area contributed by atoms with Crippen LogP contribution in [0.4, 0.5) is 5.82 Å². The van der Waals surface area contributed by atoms with E-state index in [-0.39, 0.29) is 6.04 Å². The maximum atomic E-state index is 5.46. The van der Waals surface area contributed by atoms with E-state index in [4.69, 9.17) is 9.47 Å². The van der Waals surface area contributed by atoms with Crippen LogP contribution in [0.3, 0.4) is 0 Å². The third kappa shape index (κ3) is 3.17. The number of nitrogens with zero attached hydrogens (tertiary/aromatic N) is 2. The van der Waals surface area contributed by atoms with Crippen LogP contribution in [0.2, 0.25) is 0 Å². The van der Waals surface area contributed by atoms with Gasteiger partial charge >= 0.3 is 0 Å². The topological polar surface area (TPSA) is 56.3 Å². The largest absolute Gasteiger partial charge is 0.493 e. The summed E-state index contributed by atoms with van der Waals surface area (Å²) >= 11 is 1.76. The van der Waals surface area contributed by atoms with E-state index in [1.165, 1.54) is 15.6 Å². The molecule has 4 rings (SSSR count). The Bertz CT molecular complexity index is 1120. The zero-order chi connectivity index (χ0) is 19.0. The molecule has 1 unspecified atom stereocenters. The third-order valence-corrected chi connectivity index (χ3v) is 5.62. The number of nitrogens with one attached hydrogen (secondary N) is 1. The minimum absolute atomic E-state index is 0.0953. The number of fused-ring (bicyclic) bond motifs is 2. The fourth-order valence-electron chi connectivity index (χ4n) is 3.32. The molecular formula is C21H21N3O2S. The standard InChI is InChI=1S/C21H21N3O2S/c1-12(15-7-5-6-14-8-9-27-20(14)15)22-21-16-10-18(25-3)19(26-4)11-17(16)23-13(2)24-21/h5-12H,1-4H3,(H,22,23,24). The second-order valence-electron chi connectivity index (χ2n) is 6.40. The molecule has 1 N–H and O–H groups in total. The highest BCUT2D eigenvalue weighted by atomic mass is 32.1. The molecule has 2 aromatic carbocycles. The summed E-state index contributed by atoms with van der Waals surface area (Å²) in [5.74, 6) is 2.82. The molecule has 0 aliphatic carbocycles. The molecule has 5 nitrogen and oxygen atoms in total. The average Bonchev–Trinajstić information content (AvgIpc) is 3.15. The third-order valence-electron chi connectivity index (χ3n) is 4.64. The quantitative estimate of drug-likeness (QED) is 0.507. The number of hydrogen-bond donors (Lipinski definition) is 1. The zero-order valence-corrected chi connectivity index (χ0v) is 16.6. The molecule has 138 valence electrons. The van der Waals surface area contributed by atoms with Crippen molar-refractivity contribution in [3.63, 3.8) is 0 Å². The summed E-state index contributed by atoms with van der Waals surface area (Å²) in [5.41, 5.74) is 2.08. The summed E-state index contributed by atoms with van der Waals surface area (Å²) in [6.07, 6.45) is 0. The van der Waals surface area contributed by atoms with Gasteiger partial charge in [-0.3, -0.25) is 0 Å². The molecule has 1 atom stereocenters. The number of benzene rings is 2. The summed E-state index contributed by atoms with van der Waals surface area (Å²) < 4.78 is 12.2. The Hall–Kier alpha value is -2.86. The fraction of sp³-hybridized carbons (Fsp3) is 0.238. The van der Waals surface area contributed by atoms with Crippen LogP contribution in [0, 0.1) is 6.92 Å². The lowest BCUT2D eigenvalue weighted by atomic mass is 10.1. The second kappa shape index (κ2) is 7.04. The zero-order valence-electron chi connectivity index (χ0n) is 15.7. The smallest absolute Gasteiger partial charge is 0.162 e. The first kappa shape index (κ1) is 17.5. The van der Waals surface area contributed by atoms with E-state index in [1.807, 2.05) is 19.1 Å². The van der Waals surface area contributed by atoms with Crippen molar-refractivity contribution in [2.75, 3.05) is 19.5 Å². The van der Waals surface area contributed by atoms with E-state index in [2.05, 4.69) is 51.9 Å². The van der Waals surface area contributed by atoms with Crippen LogP contribution in [0.1, 0.15) is 24.4 Å². The normalized spacial score (nSPS) is 12.3. The number of aryl methyl sites for hydroxylation is 1. The molecule has 0 aliphatic heterocycles. The Morgan fingerprint density at radius 2 is 1.81 bits per heavy atom. The number of anilines is 1. The first-order valence-corrected chi connectivity index (χ1v) is 9.61. The molecule has 2 aromatic heterocycles. The van der Waals surface area contributed by atoms with Gasteiger partial charge in [-0.05, 0) is 42.3 Å². The van der Waals surface area contributed by atoms with Crippen molar-refractivity contribution in [1.82, 2.24) is 9.97 Å². The fourth-order valence-corrected chi connectivity index (χ4v) is 4.33. The summed E-state index contributed by atoms with van der Waals surface area (Å²) in [6, 6.07) is 12.5. The second-order valence-corrected chi connectivity index (χ2v) is 7.31. The van der Waals surface area contributed by atoms with Crippen molar-refractivity contribution in [3.05, 3.63) is 53.2 Å². The molecule has 0 aliphatic rings. The Morgan fingerprint density at radius 3 is 2.59 bits per heavy atom. The molecule has 27 heavy (non-hydrogen) atoms. The van der Waals surface area contributed by atoms with Crippen molar-refractivity contribution < 1.29 is 9.47 Å². The molecule has 0 spiro atoms. The van der Waals surface area contributed by atoms with Gasteiger partial charge in [0.05, 0.1) is 25.8 Å². The lowest BCUT2D eigenvalue weighted by Gasteiger charge is -2.18. The lowest BCUT2D eigenvalue weighted by molar-refractivity contribution is 0.356. The van der Waals surface area contributed by atoms with Crippen LogP contribution in [0.5, 0.6) is 11.5 Å². The molecule has 0 bridgehead atoms. The number of hydrogen-bond acceptors (Lipinski definition) is 6. The average molecular weight is 379 g/mol. The van der Waals surface area contributed by atoms with Crippen LogP contribution >= 0.6 is 11.3 Å². The Kier molecular flexibility index (Phi) is 4.58. The van der Waals surface area contributed by atoms with Crippen molar-refractivity contribution in [2.45, 2.75) is 19.9 Å². The lowest BCUT2D eigenvalue weighted by Crippen LogP contribution is -2.10. The van der Waals surface area contributed by atoms with E-state index in [0.29, 0.717) is 17.3 Å². The van der Waals surface area contributed by atoms with Crippen LogP contribution in [0.25, 0.3) is 21.0 Å². The molecule has 0 fully saturated rings. The first-order chi connectivity index (χ1) is 13.1. The minimum atomic E-state index is 0.0953. The first-order valence-electron chi connectivity index (χ1n) is 8.73. The minimum Gasteiger partial charge on any atom is -0.493 e. The van der Waals surface area contributed by atoms with Gasteiger partial charge in [0.2, 0.25) is 0 Å². The van der Waals surface area contributed by atoms with Crippen LogP contribution in [-0.2, 0) is 0 Å². The van der Waals surface area contributed by atoms with Gasteiger partial charge in [-0.2, -0.15) is 0 Å².